The van der Waals surface area contributed by atoms with E-state index in [4.69, 9.17) is 23.2 Å². The number of rotatable bonds is 6. The molecule has 0 bridgehead atoms. The second kappa shape index (κ2) is 10.2. The quantitative estimate of drug-likeness (QED) is 0.728. The molecule has 5 nitrogen and oxygen atoms in total. The number of halogens is 3. The van der Waals surface area contributed by atoms with E-state index in [-0.39, 0.29) is 36.6 Å². The molecule has 1 saturated heterocycles. The second-order valence-corrected chi connectivity index (χ2v) is 8.26. The van der Waals surface area contributed by atoms with E-state index in [0.29, 0.717) is 36.2 Å². The van der Waals surface area contributed by atoms with Gasteiger partial charge in [-0.05, 0) is 42.3 Å². The van der Waals surface area contributed by atoms with Crippen LogP contribution in [0.2, 0.25) is 10.0 Å². The average molecular weight is 452 g/mol. The van der Waals surface area contributed by atoms with E-state index in [9.17, 15) is 14.0 Å². The molecule has 0 radical (unpaired) electrons. The maximum absolute atomic E-state index is 13.0. The van der Waals surface area contributed by atoms with Crippen molar-refractivity contribution in [3.63, 3.8) is 0 Å². The molecule has 1 heterocycles. The maximum atomic E-state index is 13.0. The number of carbonyl (C=O) groups is 2. The van der Waals surface area contributed by atoms with Gasteiger partial charge in [0, 0.05) is 36.2 Å². The standard InChI is InChI=1S/C22H24Cl2FN3O2/c1-15(19-7-4-17(23)13-20(19)24)26-21(29)14-27-8-10-28(11-9-27)22(30)12-16-2-5-18(25)6-3-16/h2-7,13,15H,8-12,14H2,1H3,(H,26,29). The van der Waals surface area contributed by atoms with Crippen molar-refractivity contribution in [2.24, 2.45) is 0 Å². The number of benzene rings is 2. The van der Waals surface area contributed by atoms with Gasteiger partial charge in [0.25, 0.3) is 0 Å². The predicted octanol–water partition coefficient (Wildman–Crippen LogP) is 3.70. The fourth-order valence-corrected chi connectivity index (χ4v) is 4.04. The van der Waals surface area contributed by atoms with Crippen LogP contribution in [0, 0.1) is 5.82 Å². The van der Waals surface area contributed by atoms with Gasteiger partial charge < -0.3 is 10.2 Å². The van der Waals surface area contributed by atoms with Crippen molar-refractivity contribution in [2.75, 3.05) is 32.7 Å². The van der Waals surface area contributed by atoms with E-state index in [1.807, 2.05) is 11.8 Å². The molecule has 0 saturated carbocycles. The molecule has 1 N–H and O–H groups in total. The highest BCUT2D eigenvalue weighted by molar-refractivity contribution is 6.35. The third-order valence-corrected chi connectivity index (χ3v) is 5.73. The number of nitrogens with one attached hydrogen (secondary N) is 1. The van der Waals surface area contributed by atoms with E-state index >= 15 is 0 Å². The highest BCUT2D eigenvalue weighted by atomic mass is 35.5. The molecule has 1 aliphatic rings. The minimum Gasteiger partial charge on any atom is -0.348 e. The first-order chi connectivity index (χ1) is 14.3. The first-order valence-electron chi connectivity index (χ1n) is 9.80. The topological polar surface area (TPSA) is 52.7 Å². The number of hydrogen-bond acceptors (Lipinski definition) is 3. The van der Waals surface area contributed by atoms with Crippen molar-refractivity contribution < 1.29 is 14.0 Å². The molecule has 0 aliphatic carbocycles. The van der Waals surface area contributed by atoms with Crippen LogP contribution < -0.4 is 5.32 Å². The van der Waals surface area contributed by atoms with E-state index in [0.717, 1.165) is 11.1 Å². The van der Waals surface area contributed by atoms with E-state index in [1.54, 1.807) is 35.2 Å². The van der Waals surface area contributed by atoms with Gasteiger partial charge in [-0.2, -0.15) is 0 Å². The summed E-state index contributed by atoms with van der Waals surface area (Å²) in [6.07, 6.45) is 0.250. The summed E-state index contributed by atoms with van der Waals surface area (Å²) in [7, 11) is 0. The van der Waals surface area contributed by atoms with Crippen LogP contribution >= 0.6 is 23.2 Å². The van der Waals surface area contributed by atoms with Crippen molar-refractivity contribution in [3.8, 4) is 0 Å². The second-order valence-electron chi connectivity index (χ2n) is 7.42. The summed E-state index contributed by atoms with van der Waals surface area (Å²) < 4.78 is 13.0. The summed E-state index contributed by atoms with van der Waals surface area (Å²) in [6, 6.07) is 10.9. The van der Waals surface area contributed by atoms with E-state index < -0.39 is 0 Å². The van der Waals surface area contributed by atoms with Crippen LogP contribution in [0.15, 0.2) is 42.5 Å². The molecule has 2 aromatic carbocycles. The Bertz CT molecular complexity index is 900. The lowest BCUT2D eigenvalue weighted by Gasteiger charge is -2.34. The number of piperazine rings is 1. The highest BCUT2D eigenvalue weighted by Crippen LogP contribution is 2.26. The molecule has 2 aromatic rings. The Balaban J connectivity index is 1.44. The van der Waals surface area contributed by atoms with Gasteiger partial charge in [-0.15, -0.1) is 0 Å². The van der Waals surface area contributed by atoms with Gasteiger partial charge in [0.1, 0.15) is 5.82 Å². The molecule has 30 heavy (non-hydrogen) atoms. The number of carbonyl (C=O) groups excluding carboxylic acids is 2. The fourth-order valence-electron chi connectivity index (χ4n) is 3.46. The molecule has 8 heteroatoms. The van der Waals surface area contributed by atoms with Gasteiger partial charge in [0.2, 0.25) is 11.8 Å². The molecule has 0 spiro atoms. The third kappa shape index (κ3) is 6.17. The number of amides is 2. The van der Waals surface area contributed by atoms with Crippen LogP contribution in [0.5, 0.6) is 0 Å². The third-order valence-electron chi connectivity index (χ3n) is 5.17. The Labute approximate surface area is 185 Å². The average Bonchev–Trinajstić information content (AvgIpc) is 2.70. The van der Waals surface area contributed by atoms with Crippen molar-refractivity contribution in [2.45, 2.75) is 19.4 Å². The molecule has 1 atom stereocenters. The van der Waals surface area contributed by atoms with Crippen LogP contribution in [0.4, 0.5) is 4.39 Å². The first-order valence-corrected chi connectivity index (χ1v) is 10.6. The molecule has 1 fully saturated rings. The van der Waals surface area contributed by atoms with E-state index in [2.05, 4.69) is 5.32 Å². The van der Waals surface area contributed by atoms with E-state index in [1.165, 1.54) is 12.1 Å². The monoisotopic (exact) mass is 451 g/mol. The van der Waals surface area contributed by atoms with Gasteiger partial charge >= 0.3 is 0 Å². The summed E-state index contributed by atoms with van der Waals surface area (Å²) in [5.74, 6) is -0.401. The Morgan fingerprint density at radius 1 is 1.07 bits per heavy atom. The van der Waals surface area contributed by atoms with Gasteiger partial charge in [-0.25, -0.2) is 4.39 Å². The predicted molar refractivity (Wildman–Crippen MR) is 116 cm³/mol. The molecule has 1 unspecified atom stereocenters. The SMILES string of the molecule is CC(NC(=O)CN1CCN(C(=O)Cc2ccc(F)cc2)CC1)c1ccc(Cl)cc1Cl. The van der Waals surface area contributed by atoms with Crippen LogP contribution in [-0.2, 0) is 16.0 Å². The highest BCUT2D eigenvalue weighted by Gasteiger charge is 2.23. The van der Waals surface area contributed by atoms with Crippen molar-refractivity contribution in [1.29, 1.82) is 0 Å². The fraction of sp³-hybridized carbons (Fsp3) is 0.364. The van der Waals surface area contributed by atoms with Crippen molar-refractivity contribution >= 4 is 35.0 Å². The van der Waals surface area contributed by atoms with Crippen LogP contribution in [0.25, 0.3) is 0 Å². The van der Waals surface area contributed by atoms with Gasteiger partial charge in [-0.1, -0.05) is 41.4 Å². The molecule has 1 aliphatic heterocycles. The molecule has 160 valence electrons. The Morgan fingerprint density at radius 3 is 2.37 bits per heavy atom. The molecule has 2 amide bonds. The molecular weight excluding hydrogens is 428 g/mol. The summed E-state index contributed by atoms with van der Waals surface area (Å²) in [5, 5.41) is 4.02. The zero-order valence-corrected chi connectivity index (χ0v) is 18.2. The molecular formula is C22H24Cl2FN3O2. The lowest BCUT2D eigenvalue weighted by Crippen LogP contribution is -2.51. The summed E-state index contributed by atoms with van der Waals surface area (Å²) in [5.41, 5.74) is 1.60. The summed E-state index contributed by atoms with van der Waals surface area (Å²) in [6.45, 7) is 4.50. The Kier molecular flexibility index (Phi) is 7.69. The lowest BCUT2D eigenvalue weighted by molar-refractivity contribution is -0.132. The molecule has 0 aromatic heterocycles. The van der Waals surface area contributed by atoms with Gasteiger partial charge in [0.15, 0.2) is 0 Å². The Hall–Kier alpha value is -2.15. The minimum atomic E-state index is -0.314. The normalized spacial score (nSPS) is 15.7. The lowest BCUT2D eigenvalue weighted by atomic mass is 10.1. The maximum Gasteiger partial charge on any atom is 0.234 e. The zero-order chi connectivity index (χ0) is 21.7. The van der Waals surface area contributed by atoms with Crippen molar-refractivity contribution in [3.05, 3.63) is 69.5 Å². The number of nitrogens with zero attached hydrogens (tertiary/aromatic N) is 2. The summed E-state index contributed by atoms with van der Waals surface area (Å²) >= 11 is 12.1. The van der Waals surface area contributed by atoms with Crippen LogP contribution in [0.1, 0.15) is 24.1 Å². The Morgan fingerprint density at radius 2 is 1.73 bits per heavy atom. The summed E-state index contributed by atoms with van der Waals surface area (Å²) in [4.78, 5) is 28.7. The minimum absolute atomic E-state index is 0.0108. The number of hydrogen-bond donors (Lipinski definition) is 1. The van der Waals surface area contributed by atoms with Crippen LogP contribution in [-0.4, -0.2) is 54.3 Å². The first kappa shape index (κ1) is 22.5. The van der Waals surface area contributed by atoms with Crippen LogP contribution in [0.3, 0.4) is 0 Å². The van der Waals surface area contributed by atoms with Gasteiger partial charge in [-0.3, -0.25) is 14.5 Å². The smallest absolute Gasteiger partial charge is 0.234 e. The van der Waals surface area contributed by atoms with Crippen molar-refractivity contribution in [1.82, 2.24) is 15.1 Å². The molecule has 3 rings (SSSR count). The largest absolute Gasteiger partial charge is 0.348 e. The zero-order valence-electron chi connectivity index (χ0n) is 16.7. The van der Waals surface area contributed by atoms with Gasteiger partial charge in [0.05, 0.1) is 19.0 Å².